The molecule has 1 atom stereocenters. The van der Waals surface area contributed by atoms with Crippen LogP contribution in [0.2, 0.25) is 0 Å². The van der Waals surface area contributed by atoms with Gasteiger partial charge in [-0.2, -0.15) is 0 Å². The smallest absolute Gasteiger partial charge is 0.317 e. The number of pyridine rings is 1. The Morgan fingerprint density at radius 1 is 1.19 bits per heavy atom. The van der Waals surface area contributed by atoms with Crippen LogP contribution in [0.3, 0.4) is 0 Å². The van der Waals surface area contributed by atoms with E-state index in [1.54, 1.807) is 6.20 Å². The summed E-state index contributed by atoms with van der Waals surface area (Å²) in [5, 5.41) is 4.32. The molecule has 3 aromatic rings. The predicted octanol–water partition coefficient (Wildman–Crippen LogP) is 4.21. The molecule has 1 unspecified atom stereocenters. The molecular weight excluding hydrogens is 324 g/mol. The van der Waals surface area contributed by atoms with E-state index >= 15 is 0 Å². The summed E-state index contributed by atoms with van der Waals surface area (Å²) in [6, 6.07) is 16.3. The topological polar surface area (TPSA) is 61.0 Å². The van der Waals surface area contributed by atoms with E-state index in [-0.39, 0.29) is 12.1 Å². The molecule has 0 bridgehead atoms. The molecular formula is C21H24N4O. The number of hydrogen-bond donors (Lipinski definition) is 2. The number of hydrogen-bond acceptors (Lipinski definition) is 2. The molecule has 1 aromatic carbocycles. The Labute approximate surface area is 153 Å². The third-order valence-electron chi connectivity index (χ3n) is 5.24. The van der Waals surface area contributed by atoms with Gasteiger partial charge in [0.05, 0.1) is 11.7 Å². The number of urea groups is 1. The number of H-pyrrole nitrogens is 1. The molecule has 1 fully saturated rings. The van der Waals surface area contributed by atoms with Crippen molar-refractivity contribution in [2.45, 2.75) is 31.7 Å². The summed E-state index contributed by atoms with van der Waals surface area (Å²) in [5.74, 6) is 0.486. The Hall–Kier alpha value is -2.82. The lowest BCUT2D eigenvalue weighted by atomic mass is 9.93. The number of nitrogens with one attached hydrogen (secondary N) is 2. The molecule has 5 heteroatoms. The number of aromatic nitrogens is 2. The van der Waals surface area contributed by atoms with Gasteiger partial charge in [-0.15, -0.1) is 0 Å². The van der Waals surface area contributed by atoms with Gasteiger partial charge in [-0.25, -0.2) is 4.79 Å². The van der Waals surface area contributed by atoms with Gasteiger partial charge in [0.25, 0.3) is 0 Å². The number of carbonyl (C=O) groups excluding carboxylic acids is 1. The number of amides is 2. The molecule has 0 saturated carbocycles. The summed E-state index contributed by atoms with van der Waals surface area (Å²) in [4.78, 5) is 22.3. The number of para-hydroxylation sites is 1. The average molecular weight is 348 g/mol. The van der Waals surface area contributed by atoms with Crippen molar-refractivity contribution >= 4 is 16.9 Å². The Kier molecular flexibility index (Phi) is 4.61. The molecule has 2 N–H and O–H groups in total. The van der Waals surface area contributed by atoms with Crippen molar-refractivity contribution in [3.63, 3.8) is 0 Å². The normalized spacial score (nSPS) is 16.6. The van der Waals surface area contributed by atoms with Gasteiger partial charge in [0.15, 0.2) is 0 Å². The molecule has 0 aliphatic carbocycles. The van der Waals surface area contributed by atoms with E-state index in [9.17, 15) is 4.79 Å². The highest BCUT2D eigenvalue weighted by atomic mass is 16.2. The van der Waals surface area contributed by atoms with Crippen LogP contribution in [-0.2, 0) is 0 Å². The first-order chi connectivity index (χ1) is 12.7. The lowest BCUT2D eigenvalue weighted by molar-refractivity contribution is 0.178. The minimum Gasteiger partial charge on any atom is -0.358 e. The Morgan fingerprint density at radius 3 is 2.69 bits per heavy atom. The molecule has 2 amide bonds. The van der Waals surface area contributed by atoms with Gasteiger partial charge in [-0.1, -0.05) is 24.3 Å². The fourth-order valence-electron chi connectivity index (χ4n) is 3.69. The zero-order valence-corrected chi connectivity index (χ0v) is 15.0. The van der Waals surface area contributed by atoms with Crippen molar-refractivity contribution in [1.29, 1.82) is 0 Å². The predicted molar refractivity (Wildman–Crippen MR) is 103 cm³/mol. The van der Waals surface area contributed by atoms with Crippen LogP contribution in [-0.4, -0.2) is 34.0 Å². The SMILES string of the molecule is CC(NC(=O)N1CCC(c2cc3ccccc3[nH]2)CC1)c1ccccn1. The average Bonchev–Trinajstić information content (AvgIpc) is 3.13. The minimum absolute atomic E-state index is 0.00162. The summed E-state index contributed by atoms with van der Waals surface area (Å²) in [5.41, 5.74) is 3.36. The summed E-state index contributed by atoms with van der Waals surface area (Å²) >= 11 is 0. The van der Waals surface area contributed by atoms with Crippen molar-refractivity contribution in [3.8, 4) is 0 Å². The minimum atomic E-state index is -0.0878. The van der Waals surface area contributed by atoms with E-state index in [4.69, 9.17) is 0 Å². The zero-order chi connectivity index (χ0) is 17.9. The first-order valence-corrected chi connectivity index (χ1v) is 9.25. The van der Waals surface area contributed by atoms with Gasteiger partial charge in [-0.3, -0.25) is 4.98 Å². The van der Waals surface area contributed by atoms with E-state index in [2.05, 4.69) is 45.6 Å². The Morgan fingerprint density at radius 2 is 1.96 bits per heavy atom. The summed E-state index contributed by atoms with van der Waals surface area (Å²) in [6.07, 6.45) is 3.72. The monoisotopic (exact) mass is 348 g/mol. The molecule has 134 valence electrons. The van der Waals surface area contributed by atoms with Crippen molar-refractivity contribution < 1.29 is 4.79 Å². The van der Waals surface area contributed by atoms with E-state index in [0.29, 0.717) is 5.92 Å². The van der Waals surface area contributed by atoms with Gasteiger partial charge in [-0.05, 0) is 49.4 Å². The Bertz CT molecular complexity index is 848. The van der Waals surface area contributed by atoms with Crippen LogP contribution in [0.5, 0.6) is 0 Å². The molecule has 26 heavy (non-hydrogen) atoms. The van der Waals surface area contributed by atoms with Gasteiger partial charge >= 0.3 is 6.03 Å². The number of fused-ring (bicyclic) bond motifs is 1. The van der Waals surface area contributed by atoms with Gasteiger partial charge in [0, 0.05) is 36.4 Å². The summed E-state index contributed by atoms with van der Waals surface area (Å²) in [6.45, 7) is 3.53. The second-order valence-corrected chi connectivity index (χ2v) is 7.00. The fourth-order valence-corrected chi connectivity index (χ4v) is 3.69. The Balaban J connectivity index is 1.35. The van der Waals surface area contributed by atoms with Crippen LogP contribution >= 0.6 is 0 Å². The van der Waals surface area contributed by atoms with Crippen molar-refractivity contribution in [1.82, 2.24) is 20.2 Å². The molecule has 3 heterocycles. The van der Waals surface area contributed by atoms with E-state index in [1.807, 2.05) is 30.0 Å². The quantitative estimate of drug-likeness (QED) is 0.745. The highest BCUT2D eigenvalue weighted by Crippen LogP contribution is 2.30. The van der Waals surface area contributed by atoms with Crippen LogP contribution < -0.4 is 5.32 Å². The fraction of sp³-hybridized carbons (Fsp3) is 0.333. The highest BCUT2D eigenvalue weighted by molar-refractivity contribution is 5.80. The van der Waals surface area contributed by atoms with E-state index < -0.39 is 0 Å². The molecule has 0 spiro atoms. The largest absolute Gasteiger partial charge is 0.358 e. The second-order valence-electron chi connectivity index (χ2n) is 7.00. The first-order valence-electron chi connectivity index (χ1n) is 9.25. The van der Waals surface area contributed by atoms with E-state index in [0.717, 1.165) is 31.6 Å². The first kappa shape index (κ1) is 16.6. The van der Waals surface area contributed by atoms with E-state index in [1.165, 1.54) is 16.6 Å². The number of benzene rings is 1. The van der Waals surface area contributed by atoms with Gasteiger partial charge in [0.2, 0.25) is 0 Å². The number of rotatable bonds is 3. The lowest BCUT2D eigenvalue weighted by Gasteiger charge is -2.32. The molecule has 2 aromatic heterocycles. The van der Waals surface area contributed by atoms with Gasteiger partial charge < -0.3 is 15.2 Å². The molecule has 1 aliphatic rings. The van der Waals surface area contributed by atoms with Crippen molar-refractivity contribution in [2.75, 3.05) is 13.1 Å². The zero-order valence-electron chi connectivity index (χ0n) is 15.0. The summed E-state index contributed by atoms with van der Waals surface area (Å²) in [7, 11) is 0. The van der Waals surface area contributed by atoms with Crippen LogP contribution in [0.4, 0.5) is 4.79 Å². The summed E-state index contributed by atoms with van der Waals surface area (Å²) < 4.78 is 0. The molecule has 1 aliphatic heterocycles. The molecule has 5 nitrogen and oxygen atoms in total. The van der Waals surface area contributed by atoms with Crippen LogP contribution in [0.1, 0.15) is 43.1 Å². The number of nitrogens with zero attached hydrogens (tertiary/aromatic N) is 2. The maximum Gasteiger partial charge on any atom is 0.317 e. The second kappa shape index (κ2) is 7.20. The lowest BCUT2D eigenvalue weighted by Crippen LogP contribution is -2.45. The highest BCUT2D eigenvalue weighted by Gasteiger charge is 2.25. The standard InChI is InChI=1S/C21H24N4O/c1-15(18-7-4-5-11-22-18)23-21(26)25-12-9-16(10-13-25)20-14-17-6-2-3-8-19(17)24-20/h2-8,11,14-16,24H,9-10,12-13H2,1H3,(H,23,26). The molecule has 4 rings (SSSR count). The number of piperidine rings is 1. The maximum atomic E-state index is 12.5. The van der Waals surface area contributed by atoms with Crippen LogP contribution in [0, 0.1) is 0 Å². The van der Waals surface area contributed by atoms with Crippen molar-refractivity contribution in [3.05, 3.63) is 66.1 Å². The van der Waals surface area contributed by atoms with Crippen LogP contribution in [0.25, 0.3) is 10.9 Å². The maximum absolute atomic E-state index is 12.5. The van der Waals surface area contributed by atoms with Crippen molar-refractivity contribution in [2.24, 2.45) is 0 Å². The van der Waals surface area contributed by atoms with Crippen LogP contribution in [0.15, 0.2) is 54.7 Å². The molecule has 1 saturated heterocycles. The third-order valence-corrected chi connectivity index (χ3v) is 5.24. The number of carbonyl (C=O) groups is 1. The van der Waals surface area contributed by atoms with Gasteiger partial charge in [0.1, 0.15) is 0 Å². The number of aromatic amines is 1. The molecule has 0 radical (unpaired) electrons. The third kappa shape index (κ3) is 3.43. The number of likely N-dealkylation sites (tertiary alicyclic amines) is 1.